The number of fused-ring (bicyclic) bond motifs is 1. The minimum atomic E-state index is -0.598. The molecule has 1 fully saturated rings. The van der Waals surface area contributed by atoms with Crippen LogP contribution in [-0.2, 0) is 4.74 Å². The van der Waals surface area contributed by atoms with E-state index in [1.807, 2.05) is 12.1 Å². The zero-order valence-electron chi connectivity index (χ0n) is 12.3. The Morgan fingerprint density at radius 1 is 1.59 bits per heavy atom. The minimum Gasteiger partial charge on any atom is -0.494 e. The Morgan fingerprint density at radius 2 is 2.45 bits per heavy atom. The monoisotopic (exact) mass is 307 g/mol. The molecule has 1 N–H and O–H groups in total. The van der Waals surface area contributed by atoms with Crippen LogP contribution in [0.1, 0.15) is 16.9 Å². The van der Waals surface area contributed by atoms with Crippen molar-refractivity contribution in [2.45, 2.75) is 12.5 Å². The standard InChI is InChI=1S/C15H18FN3O3/c1-21-12-5-2-4-11-13(12)17-18-14(11)15(20)19-6-3-7-22-10(8-16)9-19/h2,4-5,10H,3,6-9H2,1H3,(H,17,18). The van der Waals surface area contributed by atoms with Crippen molar-refractivity contribution in [2.24, 2.45) is 0 Å². The Labute approximate surface area is 127 Å². The number of nitrogens with one attached hydrogen (secondary N) is 1. The lowest BCUT2D eigenvalue weighted by Crippen LogP contribution is -2.37. The van der Waals surface area contributed by atoms with Gasteiger partial charge in [0, 0.05) is 25.1 Å². The van der Waals surface area contributed by atoms with Gasteiger partial charge in [-0.15, -0.1) is 0 Å². The van der Waals surface area contributed by atoms with Crippen molar-refractivity contribution in [3.05, 3.63) is 23.9 Å². The lowest BCUT2D eigenvalue weighted by molar-refractivity contribution is 0.0341. The maximum atomic E-state index is 12.9. The number of hydrogen-bond acceptors (Lipinski definition) is 4. The van der Waals surface area contributed by atoms with Crippen LogP contribution in [0.15, 0.2) is 18.2 Å². The second-order valence-corrected chi connectivity index (χ2v) is 5.21. The van der Waals surface area contributed by atoms with E-state index in [2.05, 4.69) is 10.2 Å². The van der Waals surface area contributed by atoms with Crippen LogP contribution in [-0.4, -0.2) is 60.6 Å². The number of rotatable bonds is 3. The summed E-state index contributed by atoms with van der Waals surface area (Å²) >= 11 is 0. The van der Waals surface area contributed by atoms with Gasteiger partial charge in [0.2, 0.25) is 0 Å². The number of halogens is 1. The summed E-state index contributed by atoms with van der Waals surface area (Å²) in [6.07, 6.45) is 0.125. The van der Waals surface area contributed by atoms with Crippen molar-refractivity contribution in [2.75, 3.05) is 33.5 Å². The van der Waals surface area contributed by atoms with Gasteiger partial charge >= 0.3 is 0 Å². The first-order valence-electron chi connectivity index (χ1n) is 7.22. The fourth-order valence-electron chi connectivity index (χ4n) is 2.67. The van der Waals surface area contributed by atoms with Crippen LogP contribution < -0.4 is 4.74 Å². The van der Waals surface area contributed by atoms with Gasteiger partial charge in [0.25, 0.3) is 5.91 Å². The predicted molar refractivity (Wildman–Crippen MR) is 78.9 cm³/mol. The third-order valence-electron chi connectivity index (χ3n) is 3.79. The Morgan fingerprint density at radius 3 is 3.23 bits per heavy atom. The molecule has 1 aliphatic rings. The molecule has 1 aromatic carbocycles. The smallest absolute Gasteiger partial charge is 0.275 e. The second-order valence-electron chi connectivity index (χ2n) is 5.21. The largest absolute Gasteiger partial charge is 0.494 e. The molecule has 1 aliphatic heterocycles. The SMILES string of the molecule is COc1cccc2c(C(=O)N3CCCOC(CF)C3)n[nH]c12. The average molecular weight is 307 g/mol. The molecule has 0 spiro atoms. The topological polar surface area (TPSA) is 67.4 Å². The van der Waals surface area contributed by atoms with Gasteiger partial charge in [0.15, 0.2) is 5.69 Å². The highest BCUT2D eigenvalue weighted by Gasteiger charge is 2.26. The van der Waals surface area contributed by atoms with E-state index < -0.39 is 12.8 Å². The van der Waals surface area contributed by atoms with Crippen molar-refractivity contribution < 1.29 is 18.7 Å². The highest BCUT2D eigenvalue weighted by molar-refractivity contribution is 6.05. The van der Waals surface area contributed by atoms with Crippen molar-refractivity contribution in [1.82, 2.24) is 15.1 Å². The van der Waals surface area contributed by atoms with Crippen molar-refractivity contribution in [3.8, 4) is 5.75 Å². The molecule has 1 amide bonds. The summed E-state index contributed by atoms with van der Waals surface area (Å²) in [7, 11) is 1.56. The zero-order chi connectivity index (χ0) is 15.5. The van der Waals surface area contributed by atoms with Crippen LogP contribution >= 0.6 is 0 Å². The number of amides is 1. The molecule has 0 radical (unpaired) electrons. The first-order chi connectivity index (χ1) is 10.7. The lowest BCUT2D eigenvalue weighted by atomic mass is 10.1. The number of aromatic amines is 1. The van der Waals surface area contributed by atoms with Gasteiger partial charge in [-0.3, -0.25) is 9.89 Å². The van der Waals surface area contributed by atoms with E-state index in [9.17, 15) is 9.18 Å². The summed E-state index contributed by atoms with van der Waals surface area (Å²) in [5.74, 6) is 0.410. The molecular formula is C15H18FN3O3. The number of benzene rings is 1. The summed E-state index contributed by atoms with van der Waals surface area (Å²) in [6.45, 7) is 0.647. The number of H-pyrrole nitrogens is 1. The van der Waals surface area contributed by atoms with E-state index in [1.54, 1.807) is 18.1 Å². The number of para-hydroxylation sites is 1. The van der Waals surface area contributed by atoms with E-state index >= 15 is 0 Å². The van der Waals surface area contributed by atoms with Gasteiger partial charge in [0.05, 0.1) is 7.11 Å². The zero-order valence-corrected chi connectivity index (χ0v) is 12.3. The molecule has 0 bridgehead atoms. The van der Waals surface area contributed by atoms with Gasteiger partial charge in [-0.1, -0.05) is 12.1 Å². The first-order valence-corrected chi connectivity index (χ1v) is 7.22. The van der Waals surface area contributed by atoms with Crippen LogP contribution in [0.3, 0.4) is 0 Å². The molecular weight excluding hydrogens is 289 g/mol. The number of methoxy groups -OCH3 is 1. The van der Waals surface area contributed by atoms with Crippen LogP contribution in [0.25, 0.3) is 10.9 Å². The van der Waals surface area contributed by atoms with E-state index in [0.717, 1.165) is 0 Å². The van der Waals surface area contributed by atoms with Gasteiger partial charge < -0.3 is 14.4 Å². The van der Waals surface area contributed by atoms with E-state index in [1.165, 1.54) is 0 Å². The lowest BCUT2D eigenvalue weighted by Gasteiger charge is -2.21. The Bertz CT molecular complexity index is 673. The first kappa shape index (κ1) is 14.8. The fraction of sp³-hybridized carbons (Fsp3) is 0.467. The highest BCUT2D eigenvalue weighted by Crippen LogP contribution is 2.26. The molecule has 22 heavy (non-hydrogen) atoms. The molecule has 7 heteroatoms. The predicted octanol–water partition coefficient (Wildman–Crippen LogP) is 1.77. The number of nitrogens with zero attached hydrogens (tertiary/aromatic N) is 2. The van der Waals surface area contributed by atoms with Crippen LogP contribution in [0, 0.1) is 0 Å². The molecule has 2 heterocycles. The average Bonchev–Trinajstić information content (AvgIpc) is 2.84. The summed E-state index contributed by atoms with van der Waals surface area (Å²) in [6, 6.07) is 5.42. The number of ether oxygens (including phenoxy) is 2. The molecule has 6 nitrogen and oxygen atoms in total. The number of carbonyl (C=O) groups is 1. The summed E-state index contributed by atoms with van der Waals surface area (Å²) < 4.78 is 23.5. The summed E-state index contributed by atoms with van der Waals surface area (Å²) in [5, 5.41) is 7.67. The molecule has 118 valence electrons. The molecule has 2 aromatic rings. The number of hydrogen-bond donors (Lipinski definition) is 1. The number of alkyl halides is 1. The van der Waals surface area contributed by atoms with E-state index in [4.69, 9.17) is 9.47 Å². The van der Waals surface area contributed by atoms with E-state index in [-0.39, 0.29) is 12.5 Å². The Kier molecular flexibility index (Phi) is 4.24. The third-order valence-corrected chi connectivity index (χ3v) is 3.79. The molecule has 1 unspecified atom stereocenters. The molecule has 0 saturated carbocycles. The minimum absolute atomic E-state index is 0.219. The molecule has 1 aromatic heterocycles. The second kappa shape index (κ2) is 6.31. The number of aromatic nitrogens is 2. The maximum Gasteiger partial charge on any atom is 0.275 e. The highest BCUT2D eigenvalue weighted by atomic mass is 19.1. The van der Waals surface area contributed by atoms with Crippen molar-refractivity contribution >= 4 is 16.8 Å². The van der Waals surface area contributed by atoms with Crippen molar-refractivity contribution in [1.29, 1.82) is 0 Å². The molecule has 1 saturated heterocycles. The summed E-state index contributed by atoms with van der Waals surface area (Å²) in [5.41, 5.74) is 1.01. The maximum absolute atomic E-state index is 12.9. The normalized spacial score (nSPS) is 19.2. The molecule has 1 atom stereocenters. The Hall–Kier alpha value is -2.15. The van der Waals surface area contributed by atoms with Gasteiger partial charge in [-0.05, 0) is 12.5 Å². The van der Waals surface area contributed by atoms with Gasteiger partial charge in [-0.2, -0.15) is 5.10 Å². The van der Waals surface area contributed by atoms with Crippen LogP contribution in [0.5, 0.6) is 5.75 Å². The summed E-state index contributed by atoms with van der Waals surface area (Å²) in [4.78, 5) is 14.3. The van der Waals surface area contributed by atoms with Crippen LogP contribution in [0.4, 0.5) is 4.39 Å². The Balaban J connectivity index is 1.91. The number of carbonyl (C=O) groups excluding carboxylic acids is 1. The molecule has 0 aliphatic carbocycles. The fourth-order valence-corrected chi connectivity index (χ4v) is 2.67. The van der Waals surface area contributed by atoms with Crippen LogP contribution in [0.2, 0.25) is 0 Å². The van der Waals surface area contributed by atoms with Gasteiger partial charge in [-0.25, -0.2) is 4.39 Å². The third kappa shape index (κ3) is 2.64. The molecule has 3 rings (SSSR count). The van der Waals surface area contributed by atoms with Gasteiger partial charge in [0.1, 0.15) is 24.0 Å². The quantitative estimate of drug-likeness (QED) is 0.938. The van der Waals surface area contributed by atoms with Crippen molar-refractivity contribution in [3.63, 3.8) is 0 Å². The van der Waals surface area contributed by atoms with E-state index in [0.29, 0.717) is 41.9 Å².